The monoisotopic (exact) mass is 712 g/mol. The number of nitrogens with zero attached hydrogens (tertiary/aromatic N) is 6. The number of anilines is 1. The van der Waals surface area contributed by atoms with Crippen LogP contribution in [0.5, 0.6) is 11.8 Å². The van der Waals surface area contributed by atoms with Crippen molar-refractivity contribution in [3.8, 4) is 35.4 Å². The van der Waals surface area contributed by atoms with Crippen molar-refractivity contribution in [2.24, 2.45) is 0 Å². The zero-order valence-corrected chi connectivity index (χ0v) is 28.8. The Balaban J connectivity index is 1.19. The highest BCUT2D eigenvalue weighted by molar-refractivity contribution is 6.02. The molecule has 0 spiro atoms. The molecule has 3 unspecified atom stereocenters. The molecule has 4 fully saturated rings. The van der Waals surface area contributed by atoms with E-state index in [1.165, 1.54) is 26.1 Å². The Labute approximate surface area is 298 Å². The Morgan fingerprint density at radius 2 is 1.94 bits per heavy atom. The molecular weight excluding hydrogens is 674 g/mol. The van der Waals surface area contributed by atoms with E-state index in [4.69, 9.17) is 25.6 Å². The minimum Gasteiger partial charge on any atom is -0.508 e. The molecule has 5 atom stereocenters. The van der Waals surface area contributed by atoms with Gasteiger partial charge in [-0.25, -0.2) is 13.6 Å². The molecule has 4 saturated heterocycles. The van der Waals surface area contributed by atoms with Gasteiger partial charge in [-0.1, -0.05) is 18.1 Å². The van der Waals surface area contributed by atoms with Crippen LogP contribution in [-0.4, -0.2) is 105 Å². The van der Waals surface area contributed by atoms with E-state index < -0.39 is 35.9 Å². The number of halogens is 2. The van der Waals surface area contributed by atoms with Gasteiger partial charge in [0.1, 0.15) is 35.6 Å². The molecule has 2 aromatic heterocycles. The lowest BCUT2D eigenvalue weighted by atomic mass is 9.95. The van der Waals surface area contributed by atoms with E-state index in [9.17, 15) is 19.1 Å². The Hall–Kier alpha value is -5.29. The fourth-order valence-electron chi connectivity index (χ4n) is 8.72. The average molecular weight is 713 g/mol. The van der Waals surface area contributed by atoms with Crippen molar-refractivity contribution >= 4 is 39.6 Å². The summed E-state index contributed by atoms with van der Waals surface area (Å²) in [5.41, 5.74) is 0.232. The third-order valence-corrected chi connectivity index (χ3v) is 10.8. The van der Waals surface area contributed by atoms with Crippen LogP contribution in [-0.2, 0) is 14.3 Å². The van der Waals surface area contributed by atoms with E-state index in [1.807, 2.05) is 4.90 Å². The minimum absolute atomic E-state index is 0.0420. The fourth-order valence-corrected chi connectivity index (χ4v) is 8.72. The summed E-state index contributed by atoms with van der Waals surface area (Å²) >= 11 is 0. The largest absolute Gasteiger partial charge is 0.508 e. The molecule has 52 heavy (non-hydrogen) atoms. The van der Waals surface area contributed by atoms with Gasteiger partial charge in [-0.05, 0) is 55.8 Å². The highest BCUT2D eigenvalue weighted by Crippen LogP contribution is 2.42. The molecule has 8 rings (SSSR count). The normalized spacial score (nSPS) is 24.6. The minimum atomic E-state index is -1.04. The van der Waals surface area contributed by atoms with Crippen LogP contribution in [0.25, 0.3) is 32.9 Å². The molecule has 0 saturated carbocycles. The first kappa shape index (κ1) is 33.8. The molecular formula is C38H38F2N6O6. The smallest absolute Gasteiger partial charge is 0.413 e. The Bertz CT molecular complexity index is 2130. The van der Waals surface area contributed by atoms with Crippen LogP contribution in [0, 0.1) is 18.2 Å². The molecule has 14 heteroatoms. The number of carbonyl (C=O) groups excluding carboxylic acids is 2. The maximum absolute atomic E-state index is 17.0. The van der Waals surface area contributed by atoms with Crippen molar-refractivity contribution in [1.82, 2.24) is 24.8 Å². The van der Waals surface area contributed by atoms with Crippen molar-refractivity contribution in [1.29, 1.82) is 0 Å². The highest BCUT2D eigenvalue weighted by atomic mass is 19.1. The van der Waals surface area contributed by atoms with Gasteiger partial charge in [0.15, 0.2) is 5.82 Å². The van der Waals surface area contributed by atoms with Gasteiger partial charge in [0.2, 0.25) is 6.29 Å². The first-order valence-corrected chi connectivity index (χ1v) is 17.6. The van der Waals surface area contributed by atoms with Crippen molar-refractivity contribution in [3.05, 3.63) is 47.9 Å². The first-order chi connectivity index (χ1) is 25.0. The summed E-state index contributed by atoms with van der Waals surface area (Å²) in [6.45, 7) is 4.71. The number of hydrogen-bond donors (Lipinski definition) is 1. The van der Waals surface area contributed by atoms with Crippen molar-refractivity contribution in [2.45, 2.75) is 76.0 Å². The number of aromatic hydroxyl groups is 1. The number of esters is 1. The van der Waals surface area contributed by atoms with E-state index in [0.29, 0.717) is 72.0 Å². The Kier molecular flexibility index (Phi) is 8.48. The summed E-state index contributed by atoms with van der Waals surface area (Å²) in [7, 11) is 0. The van der Waals surface area contributed by atoms with Gasteiger partial charge in [-0.3, -0.25) is 19.6 Å². The number of piperazine rings is 1. The van der Waals surface area contributed by atoms with Crippen LogP contribution < -0.4 is 9.64 Å². The van der Waals surface area contributed by atoms with E-state index >= 15 is 4.39 Å². The van der Waals surface area contributed by atoms with Crippen LogP contribution in [0.2, 0.25) is 0 Å². The number of pyridine rings is 1. The molecule has 4 aliphatic rings. The molecule has 0 radical (unpaired) electrons. The summed E-state index contributed by atoms with van der Waals surface area (Å²) in [6.07, 6.45) is 8.20. The third-order valence-electron chi connectivity index (χ3n) is 10.8. The lowest BCUT2D eigenvalue weighted by Crippen LogP contribution is -2.56. The number of benzene rings is 2. The number of rotatable bonds is 7. The zero-order chi connectivity index (χ0) is 36.3. The fraction of sp³-hybridized carbons (Fsp3) is 0.447. The number of ether oxygens (including phenoxy) is 3. The molecule has 2 aromatic carbocycles. The number of terminal acetylenes is 1. The van der Waals surface area contributed by atoms with Gasteiger partial charge in [0.25, 0.3) is 0 Å². The van der Waals surface area contributed by atoms with Gasteiger partial charge >= 0.3 is 18.1 Å². The zero-order valence-electron chi connectivity index (χ0n) is 28.8. The average Bonchev–Trinajstić information content (AvgIpc) is 3.72. The number of aromatic nitrogens is 3. The molecule has 4 aliphatic heterocycles. The van der Waals surface area contributed by atoms with E-state index in [1.54, 1.807) is 29.2 Å². The summed E-state index contributed by atoms with van der Waals surface area (Å²) < 4.78 is 48.3. The van der Waals surface area contributed by atoms with Gasteiger partial charge in [0.05, 0.1) is 23.0 Å². The van der Waals surface area contributed by atoms with E-state index in [-0.39, 0.29) is 41.7 Å². The number of fused-ring (bicyclic) bond motifs is 5. The number of hydrogen-bond acceptors (Lipinski definition) is 11. The second kappa shape index (κ2) is 13.0. The lowest BCUT2D eigenvalue weighted by Gasteiger charge is -2.41. The maximum Gasteiger partial charge on any atom is 0.413 e. The van der Waals surface area contributed by atoms with Gasteiger partial charge in [-0.15, -0.1) is 6.42 Å². The van der Waals surface area contributed by atoms with Crippen LogP contribution in [0.1, 0.15) is 51.5 Å². The van der Waals surface area contributed by atoms with Crippen LogP contribution in [0.4, 0.5) is 19.4 Å². The molecule has 6 heterocycles. The first-order valence-electron chi connectivity index (χ1n) is 17.6. The maximum atomic E-state index is 17.0. The predicted molar refractivity (Wildman–Crippen MR) is 187 cm³/mol. The van der Waals surface area contributed by atoms with Crippen LogP contribution in [0.3, 0.4) is 0 Å². The molecule has 12 nitrogen and oxygen atoms in total. The SMILES string of the molecule is C#Cc1cccc2cc(O)cc(-c3ncc4c(N5CC6CCC(C5)N6C(=O)OC(C)OC(C)=O)nc(OC[C@@]56CCCN5C[C@H](F)C6)nc4c3F)c12. The molecule has 2 bridgehead atoms. The second-order valence-corrected chi connectivity index (χ2v) is 14.2. The van der Waals surface area contributed by atoms with Gasteiger partial charge < -0.3 is 24.2 Å². The molecule has 0 aliphatic carbocycles. The summed E-state index contributed by atoms with van der Waals surface area (Å²) in [5.74, 6) is 1.65. The Morgan fingerprint density at radius 3 is 2.69 bits per heavy atom. The third kappa shape index (κ3) is 5.86. The van der Waals surface area contributed by atoms with E-state index in [0.717, 1.165) is 19.4 Å². The number of alkyl halides is 1. The Morgan fingerprint density at radius 1 is 1.15 bits per heavy atom. The van der Waals surface area contributed by atoms with Gasteiger partial charge in [-0.2, -0.15) is 9.97 Å². The number of phenols is 1. The highest BCUT2D eigenvalue weighted by Gasteiger charge is 2.50. The van der Waals surface area contributed by atoms with E-state index in [2.05, 4.69) is 20.8 Å². The second-order valence-electron chi connectivity index (χ2n) is 14.2. The molecule has 1 N–H and O–H groups in total. The number of phenolic OH excluding ortho intramolecular Hbond substituents is 1. The lowest BCUT2D eigenvalue weighted by molar-refractivity contribution is -0.163. The summed E-state index contributed by atoms with van der Waals surface area (Å²) in [6, 6.07) is 7.70. The topological polar surface area (TPSA) is 130 Å². The van der Waals surface area contributed by atoms with Crippen molar-refractivity contribution in [3.63, 3.8) is 0 Å². The number of amides is 1. The number of carbonyl (C=O) groups is 2. The molecule has 1 amide bonds. The summed E-state index contributed by atoms with van der Waals surface area (Å²) in [5, 5.41) is 12.1. The van der Waals surface area contributed by atoms with Crippen molar-refractivity contribution < 1.29 is 37.7 Å². The summed E-state index contributed by atoms with van der Waals surface area (Å²) in [4.78, 5) is 44.3. The molecule has 4 aromatic rings. The quantitative estimate of drug-likeness (QED) is 0.152. The predicted octanol–water partition coefficient (Wildman–Crippen LogP) is 5.32. The van der Waals surface area contributed by atoms with Crippen LogP contribution >= 0.6 is 0 Å². The molecule has 270 valence electrons. The van der Waals surface area contributed by atoms with Crippen LogP contribution in [0.15, 0.2) is 36.5 Å². The van der Waals surface area contributed by atoms with Crippen molar-refractivity contribution in [2.75, 3.05) is 37.7 Å². The van der Waals surface area contributed by atoms with Gasteiger partial charge in [0, 0.05) is 62.6 Å². The standard InChI is InChI=1S/C38H38F2N6O6/c1-4-23-7-5-8-24-13-28(48)14-29(31(23)24)33-32(40)34-30(16-41-33)35(43-36(42-34)50-20-38-11-6-12-45(38)17-25(39)15-38)44-18-26-9-10-27(19-44)46(26)37(49)52-22(3)51-21(2)47/h1,5,7-8,13-14,16,22,25-27,48H,6,9-12,15,17-20H2,2-3H3/t22?,25-,26?,27?,38+/m1/s1.